The number of hydrogen-bond acceptors (Lipinski definition) is 2. The Morgan fingerprint density at radius 3 is 1.95 bits per heavy atom. The van der Waals surface area contributed by atoms with E-state index in [9.17, 15) is 4.79 Å². The van der Waals surface area contributed by atoms with Crippen molar-refractivity contribution < 1.29 is 14.6 Å². The number of ether oxygens (including phenoxy) is 1. The minimum atomic E-state index is -0.899. The zero-order chi connectivity index (χ0) is 13.2. The fourth-order valence-corrected chi connectivity index (χ4v) is 2.19. The van der Waals surface area contributed by atoms with Crippen LogP contribution < -0.4 is 0 Å². The maximum absolute atomic E-state index is 10.8. The molecule has 0 amide bonds. The van der Waals surface area contributed by atoms with E-state index in [4.69, 9.17) is 9.84 Å². The number of carboxylic acid groups (broad SMARTS) is 1. The highest BCUT2D eigenvalue weighted by Gasteiger charge is 2.19. The highest BCUT2D eigenvalue weighted by atomic mass is 16.5. The van der Waals surface area contributed by atoms with Gasteiger partial charge in [0.1, 0.15) is 0 Å². The van der Waals surface area contributed by atoms with Crippen LogP contribution in [-0.4, -0.2) is 17.7 Å². The zero-order valence-electron chi connectivity index (χ0n) is 10.4. The second-order valence-electron chi connectivity index (χ2n) is 4.65. The lowest BCUT2D eigenvalue weighted by Crippen LogP contribution is -2.17. The smallest absolute Gasteiger partial charge is 0.335 e. The molecule has 2 aromatic rings. The largest absolute Gasteiger partial charge is 0.478 e. The summed E-state index contributed by atoms with van der Waals surface area (Å²) in [5, 5.41) is 8.86. The average molecular weight is 254 g/mol. The third-order valence-corrected chi connectivity index (χ3v) is 3.45. The summed E-state index contributed by atoms with van der Waals surface area (Å²) in [7, 11) is 0. The molecule has 1 aliphatic heterocycles. The Morgan fingerprint density at radius 1 is 1.00 bits per heavy atom. The number of hydrogen-bond donors (Lipinski definition) is 1. The molecule has 1 atom stereocenters. The zero-order valence-corrected chi connectivity index (χ0v) is 10.4. The molecule has 1 saturated heterocycles. The number of carboxylic acids is 1. The fraction of sp³-hybridized carbons (Fsp3) is 0.188. The quantitative estimate of drug-likeness (QED) is 0.911. The van der Waals surface area contributed by atoms with Crippen molar-refractivity contribution in [3.05, 3.63) is 59.7 Å². The molecule has 1 unspecified atom stereocenters. The molecule has 3 rings (SSSR count). The molecule has 96 valence electrons. The molecule has 3 heteroatoms. The monoisotopic (exact) mass is 254 g/mol. The van der Waals surface area contributed by atoms with Gasteiger partial charge in [0, 0.05) is 6.42 Å². The summed E-state index contributed by atoms with van der Waals surface area (Å²) < 4.78 is 5.44. The summed E-state index contributed by atoms with van der Waals surface area (Å²) >= 11 is 0. The van der Waals surface area contributed by atoms with Crippen LogP contribution >= 0.6 is 0 Å². The van der Waals surface area contributed by atoms with Gasteiger partial charge in [-0.3, -0.25) is 0 Å². The van der Waals surface area contributed by atoms with E-state index in [1.54, 1.807) is 12.1 Å². The second-order valence-corrected chi connectivity index (χ2v) is 4.65. The highest BCUT2D eigenvalue weighted by molar-refractivity contribution is 5.88. The Labute approximate surface area is 111 Å². The van der Waals surface area contributed by atoms with Crippen molar-refractivity contribution in [3.63, 3.8) is 0 Å². The van der Waals surface area contributed by atoms with Crippen LogP contribution in [-0.2, 0) is 4.74 Å². The minimum Gasteiger partial charge on any atom is -0.478 e. The van der Waals surface area contributed by atoms with E-state index >= 15 is 0 Å². The van der Waals surface area contributed by atoms with Gasteiger partial charge in [-0.15, -0.1) is 0 Å². The first-order valence-corrected chi connectivity index (χ1v) is 6.29. The lowest BCUT2D eigenvalue weighted by Gasteiger charge is -2.26. The van der Waals surface area contributed by atoms with Crippen molar-refractivity contribution >= 4 is 5.97 Å². The van der Waals surface area contributed by atoms with Crippen LogP contribution in [0.1, 0.15) is 28.4 Å². The van der Waals surface area contributed by atoms with Gasteiger partial charge in [-0.1, -0.05) is 36.4 Å². The molecule has 1 aliphatic rings. The summed E-state index contributed by atoms with van der Waals surface area (Å²) in [5.74, 6) is -0.899. The highest BCUT2D eigenvalue weighted by Crippen LogP contribution is 2.30. The maximum atomic E-state index is 10.8. The Kier molecular flexibility index (Phi) is 3.05. The molecule has 0 aliphatic carbocycles. The predicted octanol–water partition coefficient (Wildman–Crippen LogP) is 3.51. The Morgan fingerprint density at radius 2 is 1.53 bits per heavy atom. The normalized spacial score (nSPS) is 17.8. The van der Waals surface area contributed by atoms with E-state index in [-0.39, 0.29) is 6.10 Å². The summed E-state index contributed by atoms with van der Waals surface area (Å²) in [6, 6.07) is 15.2. The van der Waals surface area contributed by atoms with E-state index in [1.807, 2.05) is 24.3 Å². The lowest BCUT2D eigenvalue weighted by atomic mass is 9.98. The third kappa shape index (κ3) is 2.37. The summed E-state index contributed by atoms with van der Waals surface area (Å²) in [5.41, 5.74) is 3.62. The van der Waals surface area contributed by atoms with Gasteiger partial charge in [0.25, 0.3) is 0 Å². The maximum Gasteiger partial charge on any atom is 0.335 e. The predicted molar refractivity (Wildman–Crippen MR) is 72.1 cm³/mol. The van der Waals surface area contributed by atoms with Crippen molar-refractivity contribution in [2.45, 2.75) is 12.5 Å². The van der Waals surface area contributed by atoms with Crippen LogP contribution in [0.25, 0.3) is 11.1 Å². The van der Waals surface area contributed by atoms with E-state index in [0.717, 1.165) is 24.2 Å². The molecule has 0 spiro atoms. The van der Waals surface area contributed by atoms with Gasteiger partial charge in [0.15, 0.2) is 0 Å². The van der Waals surface area contributed by atoms with Gasteiger partial charge < -0.3 is 9.84 Å². The van der Waals surface area contributed by atoms with Crippen LogP contribution in [0.15, 0.2) is 48.5 Å². The van der Waals surface area contributed by atoms with Crippen LogP contribution in [0.4, 0.5) is 0 Å². The Hall–Kier alpha value is -2.13. The summed E-state index contributed by atoms with van der Waals surface area (Å²) in [6.07, 6.45) is 1.34. The van der Waals surface area contributed by atoms with Crippen molar-refractivity contribution in [2.24, 2.45) is 0 Å². The Balaban J connectivity index is 1.83. The standard InChI is InChI=1S/C16H14O3/c17-16(18)14-7-3-12(4-8-14)11-1-5-13(6-2-11)15-9-10-19-15/h1-8,15H,9-10H2,(H,17,18). The van der Waals surface area contributed by atoms with Crippen LogP contribution in [0.2, 0.25) is 0 Å². The molecule has 0 radical (unpaired) electrons. The minimum absolute atomic E-state index is 0.253. The molecular formula is C16H14O3. The van der Waals surface area contributed by atoms with E-state index in [2.05, 4.69) is 12.1 Å². The van der Waals surface area contributed by atoms with Gasteiger partial charge in [0.2, 0.25) is 0 Å². The van der Waals surface area contributed by atoms with Crippen LogP contribution in [0.3, 0.4) is 0 Å². The second kappa shape index (κ2) is 4.86. The fourth-order valence-electron chi connectivity index (χ4n) is 2.19. The molecule has 2 aromatic carbocycles. The first-order chi connectivity index (χ1) is 9.24. The van der Waals surface area contributed by atoms with Gasteiger partial charge in [-0.2, -0.15) is 0 Å². The van der Waals surface area contributed by atoms with Crippen molar-refractivity contribution in [1.29, 1.82) is 0 Å². The number of rotatable bonds is 3. The molecule has 1 N–H and O–H groups in total. The van der Waals surface area contributed by atoms with Crippen molar-refractivity contribution in [2.75, 3.05) is 6.61 Å². The lowest BCUT2D eigenvalue weighted by molar-refractivity contribution is -0.0527. The van der Waals surface area contributed by atoms with Crippen LogP contribution in [0.5, 0.6) is 0 Å². The molecule has 0 aromatic heterocycles. The van der Waals surface area contributed by atoms with Crippen molar-refractivity contribution in [1.82, 2.24) is 0 Å². The SMILES string of the molecule is O=C(O)c1ccc(-c2ccc(C3CCO3)cc2)cc1. The van der Waals surface area contributed by atoms with Crippen molar-refractivity contribution in [3.8, 4) is 11.1 Å². The van der Waals surface area contributed by atoms with E-state index in [0.29, 0.717) is 5.56 Å². The van der Waals surface area contributed by atoms with E-state index in [1.165, 1.54) is 5.56 Å². The van der Waals surface area contributed by atoms with Gasteiger partial charge >= 0.3 is 5.97 Å². The molecule has 3 nitrogen and oxygen atoms in total. The topological polar surface area (TPSA) is 46.5 Å². The number of carbonyl (C=O) groups is 1. The third-order valence-electron chi connectivity index (χ3n) is 3.45. The van der Waals surface area contributed by atoms with Gasteiger partial charge in [-0.25, -0.2) is 4.79 Å². The summed E-state index contributed by atoms with van der Waals surface area (Å²) in [6.45, 7) is 0.850. The summed E-state index contributed by atoms with van der Waals surface area (Å²) in [4.78, 5) is 10.8. The van der Waals surface area contributed by atoms with Crippen LogP contribution in [0, 0.1) is 0 Å². The van der Waals surface area contributed by atoms with E-state index < -0.39 is 5.97 Å². The first kappa shape index (κ1) is 11.9. The molecule has 0 bridgehead atoms. The first-order valence-electron chi connectivity index (χ1n) is 6.29. The average Bonchev–Trinajstić information content (AvgIpc) is 2.38. The molecule has 19 heavy (non-hydrogen) atoms. The molecule has 0 saturated carbocycles. The number of aromatic carboxylic acids is 1. The molecular weight excluding hydrogens is 240 g/mol. The van der Waals surface area contributed by atoms with Gasteiger partial charge in [-0.05, 0) is 28.8 Å². The molecule has 1 fully saturated rings. The van der Waals surface area contributed by atoms with Gasteiger partial charge in [0.05, 0.1) is 18.3 Å². The Bertz CT molecular complexity index is 580. The molecule has 1 heterocycles. The number of benzene rings is 2.